The van der Waals surface area contributed by atoms with E-state index in [0.29, 0.717) is 0 Å². The number of aliphatic hydroxyl groups excluding tert-OH is 1. The van der Waals surface area contributed by atoms with Crippen LogP contribution >= 0.6 is 11.8 Å². The van der Waals surface area contributed by atoms with Crippen molar-refractivity contribution in [3.05, 3.63) is 0 Å². The standard InChI is InChI=1S/C8H16O2S/c1-2-3-7(9)8-6-11-5-4-10-8/h7-9H,2-6H2,1H3. The molecular formula is C8H16O2S. The van der Waals surface area contributed by atoms with Crippen molar-refractivity contribution < 1.29 is 9.84 Å². The summed E-state index contributed by atoms with van der Waals surface area (Å²) >= 11 is 1.87. The Morgan fingerprint density at radius 1 is 1.73 bits per heavy atom. The van der Waals surface area contributed by atoms with Crippen molar-refractivity contribution in [1.29, 1.82) is 0 Å². The molecular weight excluding hydrogens is 160 g/mol. The molecule has 2 nitrogen and oxygen atoms in total. The molecule has 1 aliphatic heterocycles. The first-order chi connectivity index (χ1) is 5.34. The van der Waals surface area contributed by atoms with Gasteiger partial charge in [-0.25, -0.2) is 0 Å². The van der Waals surface area contributed by atoms with Crippen LogP contribution in [0.2, 0.25) is 0 Å². The first kappa shape index (κ1) is 9.36. The summed E-state index contributed by atoms with van der Waals surface area (Å²) in [4.78, 5) is 0. The summed E-state index contributed by atoms with van der Waals surface area (Å²) in [7, 11) is 0. The highest BCUT2D eigenvalue weighted by Gasteiger charge is 2.21. The summed E-state index contributed by atoms with van der Waals surface area (Å²) in [6, 6.07) is 0. The Bertz CT molecular complexity index is 102. The van der Waals surface area contributed by atoms with Gasteiger partial charge in [-0.05, 0) is 6.42 Å². The molecule has 0 aliphatic carbocycles. The summed E-state index contributed by atoms with van der Waals surface area (Å²) in [6.45, 7) is 2.88. The largest absolute Gasteiger partial charge is 0.390 e. The minimum atomic E-state index is -0.243. The molecule has 0 aromatic rings. The van der Waals surface area contributed by atoms with E-state index in [1.54, 1.807) is 0 Å². The Labute approximate surface area is 72.3 Å². The van der Waals surface area contributed by atoms with Gasteiger partial charge in [0.15, 0.2) is 0 Å². The maximum absolute atomic E-state index is 9.54. The van der Waals surface area contributed by atoms with Crippen LogP contribution in [0.3, 0.4) is 0 Å². The summed E-state index contributed by atoms with van der Waals surface area (Å²) in [5.74, 6) is 2.04. The van der Waals surface area contributed by atoms with Gasteiger partial charge in [-0.2, -0.15) is 11.8 Å². The number of ether oxygens (including phenoxy) is 1. The maximum Gasteiger partial charge on any atom is 0.0924 e. The molecule has 66 valence electrons. The molecule has 1 rings (SSSR count). The van der Waals surface area contributed by atoms with Gasteiger partial charge < -0.3 is 9.84 Å². The Hall–Kier alpha value is 0.270. The Balaban J connectivity index is 2.21. The van der Waals surface area contributed by atoms with Crippen molar-refractivity contribution in [3.63, 3.8) is 0 Å². The second kappa shape index (κ2) is 5.01. The normalized spacial score (nSPS) is 28.4. The van der Waals surface area contributed by atoms with Crippen LogP contribution in [0.25, 0.3) is 0 Å². The summed E-state index contributed by atoms with van der Waals surface area (Å²) in [5.41, 5.74) is 0. The summed E-state index contributed by atoms with van der Waals surface area (Å²) < 4.78 is 5.42. The van der Waals surface area contributed by atoms with Gasteiger partial charge in [-0.15, -0.1) is 0 Å². The molecule has 0 radical (unpaired) electrons. The molecule has 0 aromatic carbocycles. The fraction of sp³-hybridized carbons (Fsp3) is 1.00. The van der Waals surface area contributed by atoms with Gasteiger partial charge in [0, 0.05) is 11.5 Å². The first-order valence-corrected chi connectivity index (χ1v) is 5.37. The molecule has 0 amide bonds. The average Bonchev–Trinajstić information content (AvgIpc) is 2.07. The first-order valence-electron chi connectivity index (χ1n) is 4.22. The van der Waals surface area contributed by atoms with Crippen molar-refractivity contribution in [2.75, 3.05) is 18.1 Å². The lowest BCUT2D eigenvalue weighted by Crippen LogP contribution is -2.34. The summed E-state index contributed by atoms with van der Waals surface area (Å²) in [5, 5.41) is 9.54. The fourth-order valence-electron chi connectivity index (χ4n) is 1.21. The third-order valence-corrected chi connectivity index (χ3v) is 2.87. The van der Waals surface area contributed by atoms with Crippen molar-refractivity contribution in [1.82, 2.24) is 0 Å². The highest BCUT2D eigenvalue weighted by molar-refractivity contribution is 7.99. The number of rotatable bonds is 3. The van der Waals surface area contributed by atoms with Crippen LogP contribution < -0.4 is 0 Å². The van der Waals surface area contributed by atoms with Crippen molar-refractivity contribution in [3.8, 4) is 0 Å². The molecule has 2 unspecified atom stereocenters. The Kier molecular flexibility index (Phi) is 4.26. The zero-order chi connectivity index (χ0) is 8.10. The molecule has 0 bridgehead atoms. The molecule has 0 spiro atoms. The third-order valence-electron chi connectivity index (χ3n) is 1.86. The lowest BCUT2D eigenvalue weighted by molar-refractivity contribution is -0.0248. The van der Waals surface area contributed by atoms with Gasteiger partial charge in [-0.3, -0.25) is 0 Å². The van der Waals surface area contributed by atoms with Crippen LogP contribution in [0, 0.1) is 0 Å². The van der Waals surface area contributed by atoms with Crippen molar-refractivity contribution >= 4 is 11.8 Å². The van der Waals surface area contributed by atoms with Gasteiger partial charge in [0.05, 0.1) is 18.8 Å². The van der Waals surface area contributed by atoms with Gasteiger partial charge >= 0.3 is 0 Å². The van der Waals surface area contributed by atoms with Crippen LogP contribution in [-0.2, 0) is 4.74 Å². The van der Waals surface area contributed by atoms with E-state index in [1.807, 2.05) is 11.8 Å². The quantitative estimate of drug-likeness (QED) is 0.702. The minimum absolute atomic E-state index is 0.0914. The predicted molar refractivity (Wildman–Crippen MR) is 48.0 cm³/mol. The molecule has 1 aliphatic rings. The molecule has 1 fully saturated rings. The van der Waals surface area contributed by atoms with E-state index < -0.39 is 0 Å². The number of hydrogen-bond acceptors (Lipinski definition) is 3. The van der Waals surface area contributed by atoms with E-state index in [9.17, 15) is 5.11 Å². The monoisotopic (exact) mass is 176 g/mol. The second-order valence-electron chi connectivity index (χ2n) is 2.84. The van der Waals surface area contributed by atoms with Crippen LogP contribution in [0.1, 0.15) is 19.8 Å². The molecule has 3 heteroatoms. The highest BCUT2D eigenvalue weighted by atomic mass is 32.2. The van der Waals surface area contributed by atoms with E-state index >= 15 is 0 Å². The molecule has 11 heavy (non-hydrogen) atoms. The number of aliphatic hydroxyl groups is 1. The van der Waals surface area contributed by atoms with Crippen molar-refractivity contribution in [2.24, 2.45) is 0 Å². The molecule has 0 saturated carbocycles. The average molecular weight is 176 g/mol. The van der Waals surface area contributed by atoms with Crippen molar-refractivity contribution in [2.45, 2.75) is 32.0 Å². The third kappa shape index (κ3) is 3.01. The topological polar surface area (TPSA) is 29.5 Å². The second-order valence-corrected chi connectivity index (χ2v) is 3.99. The smallest absolute Gasteiger partial charge is 0.0924 e. The minimum Gasteiger partial charge on any atom is -0.390 e. The van der Waals surface area contributed by atoms with E-state index in [4.69, 9.17) is 4.74 Å². The van der Waals surface area contributed by atoms with E-state index in [0.717, 1.165) is 31.0 Å². The zero-order valence-corrected chi connectivity index (χ0v) is 7.77. The molecule has 1 N–H and O–H groups in total. The SMILES string of the molecule is CCCC(O)C1CSCCO1. The van der Waals surface area contributed by atoms with Crippen LogP contribution in [0.4, 0.5) is 0 Å². The number of hydrogen-bond donors (Lipinski definition) is 1. The van der Waals surface area contributed by atoms with Crippen LogP contribution in [-0.4, -0.2) is 35.4 Å². The highest BCUT2D eigenvalue weighted by Crippen LogP contribution is 2.17. The Morgan fingerprint density at radius 3 is 3.09 bits per heavy atom. The van der Waals surface area contributed by atoms with Gasteiger partial charge in [0.2, 0.25) is 0 Å². The van der Waals surface area contributed by atoms with Gasteiger partial charge in [0.25, 0.3) is 0 Å². The predicted octanol–water partition coefficient (Wildman–Crippen LogP) is 1.28. The Morgan fingerprint density at radius 2 is 2.55 bits per heavy atom. The maximum atomic E-state index is 9.54. The van der Waals surface area contributed by atoms with Gasteiger partial charge in [-0.1, -0.05) is 13.3 Å². The van der Waals surface area contributed by atoms with Gasteiger partial charge in [0.1, 0.15) is 0 Å². The lowest BCUT2D eigenvalue weighted by Gasteiger charge is -2.26. The molecule has 2 atom stereocenters. The van der Waals surface area contributed by atoms with E-state index in [-0.39, 0.29) is 12.2 Å². The molecule has 1 saturated heterocycles. The zero-order valence-electron chi connectivity index (χ0n) is 6.95. The van der Waals surface area contributed by atoms with E-state index in [1.165, 1.54) is 0 Å². The fourth-order valence-corrected chi connectivity index (χ4v) is 2.14. The summed E-state index contributed by atoms with van der Waals surface area (Å²) in [6.07, 6.45) is 1.75. The lowest BCUT2D eigenvalue weighted by atomic mass is 10.1. The molecule has 1 heterocycles. The number of thioether (sulfide) groups is 1. The molecule has 0 aromatic heterocycles. The van der Waals surface area contributed by atoms with E-state index in [2.05, 4.69) is 6.92 Å². The van der Waals surface area contributed by atoms with Crippen LogP contribution in [0.5, 0.6) is 0 Å². The van der Waals surface area contributed by atoms with Crippen LogP contribution in [0.15, 0.2) is 0 Å².